The van der Waals surface area contributed by atoms with Gasteiger partial charge in [0, 0.05) is 61.3 Å². The zero-order chi connectivity index (χ0) is 24.9. The van der Waals surface area contributed by atoms with E-state index in [2.05, 4.69) is 26.1 Å². The standard InChI is InChI=1S/C26H35BrN4O3S/c1-18(32)19-6-9-21(10-7-19)29-13-15-30(16-14-29)24(33)5-3-2-4-12-31-25(34)22-17-20(27)8-11-23(22)28-26(31)35/h6-7,9-10,20,22-23H,2-5,8,11-17H2,1H3,(H,28,35). The first-order valence-corrected chi connectivity index (χ1v) is 14.1. The van der Waals surface area contributed by atoms with Crippen molar-refractivity contribution in [1.29, 1.82) is 0 Å². The third-order valence-corrected chi connectivity index (χ3v) is 8.64. The number of halogens is 1. The molecule has 1 aromatic rings. The lowest BCUT2D eigenvalue weighted by Crippen LogP contribution is -2.61. The minimum absolute atomic E-state index is 0.00661. The smallest absolute Gasteiger partial charge is 0.233 e. The van der Waals surface area contributed by atoms with E-state index in [9.17, 15) is 14.4 Å². The second-order valence-corrected chi connectivity index (χ2v) is 11.5. The van der Waals surface area contributed by atoms with Crippen molar-refractivity contribution >= 4 is 56.5 Å². The highest BCUT2D eigenvalue weighted by Gasteiger charge is 2.42. The normalized spacial score (nSPS) is 24.7. The van der Waals surface area contributed by atoms with Crippen molar-refractivity contribution in [2.24, 2.45) is 5.92 Å². The molecule has 0 spiro atoms. The van der Waals surface area contributed by atoms with Crippen LogP contribution in [0.1, 0.15) is 62.2 Å². The van der Waals surface area contributed by atoms with Crippen LogP contribution in [-0.2, 0) is 9.59 Å². The minimum Gasteiger partial charge on any atom is -0.368 e. The molecule has 0 radical (unpaired) electrons. The van der Waals surface area contributed by atoms with E-state index in [0.717, 1.165) is 62.9 Å². The number of alkyl halides is 1. The van der Waals surface area contributed by atoms with Crippen molar-refractivity contribution in [3.8, 4) is 0 Å². The maximum Gasteiger partial charge on any atom is 0.233 e. The fourth-order valence-electron chi connectivity index (χ4n) is 5.32. The van der Waals surface area contributed by atoms with Crippen molar-refractivity contribution in [2.45, 2.75) is 62.7 Å². The summed E-state index contributed by atoms with van der Waals surface area (Å²) in [4.78, 5) is 43.5. The van der Waals surface area contributed by atoms with Crippen LogP contribution in [0.2, 0.25) is 0 Å². The Morgan fingerprint density at radius 1 is 1.06 bits per heavy atom. The molecule has 2 aliphatic heterocycles. The molecule has 3 unspecified atom stereocenters. The van der Waals surface area contributed by atoms with E-state index < -0.39 is 0 Å². The van der Waals surface area contributed by atoms with Crippen LogP contribution in [0.25, 0.3) is 0 Å². The van der Waals surface area contributed by atoms with Crippen LogP contribution in [0.3, 0.4) is 0 Å². The topological polar surface area (TPSA) is 73.0 Å². The predicted octanol–water partition coefficient (Wildman–Crippen LogP) is 3.75. The monoisotopic (exact) mass is 562 g/mol. The summed E-state index contributed by atoms with van der Waals surface area (Å²) in [7, 11) is 0. The van der Waals surface area contributed by atoms with Gasteiger partial charge in [-0.05, 0) is 75.5 Å². The van der Waals surface area contributed by atoms with E-state index in [4.69, 9.17) is 12.2 Å². The molecule has 3 fully saturated rings. The Hall–Kier alpha value is -2.00. The van der Waals surface area contributed by atoms with Crippen LogP contribution in [0.5, 0.6) is 0 Å². The number of carbonyl (C=O) groups is 3. The first kappa shape index (κ1) is 26.1. The lowest BCUT2D eigenvalue weighted by molar-refractivity contribution is -0.135. The van der Waals surface area contributed by atoms with Gasteiger partial charge in [0.2, 0.25) is 11.8 Å². The van der Waals surface area contributed by atoms with Crippen LogP contribution in [-0.4, -0.2) is 76.1 Å². The summed E-state index contributed by atoms with van der Waals surface area (Å²) in [6.07, 6.45) is 6.02. The van der Waals surface area contributed by atoms with E-state index in [0.29, 0.717) is 36.0 Å². The Morgan fingerprint density at radius 2 is 1.77 bits per heavy atom. The molecule has 0 aromatic heterocycles. The molecular weight excluding hydrogens is 528 g/mol. The summed E-state index contributed by atoms with van der Waals surface area (Å²) in [5, 5.41) is 3.94. The number of anilines is 1. The highest BCUT2D eigenvalue weighted by Crippen LogP contribution is 2.33. The molecule has 3 atom stereocenters. The summed E-state index contributed by atoms with van der Waals surface area (Å²) in [6.45, 7) is 5.21. The fraction of sp³-hybridized carbons (Fsp3) is 0.615. The SMILES string of the molecule is CC(=O)c1ccc(N2CCN(C(=O)CCCCCN3C(=O)C4CC(Br)CCC4NC3=S)CC2)cc1. The van der Waals surface area contributed by atoms with E-state index in [1.165, 1.54) is 0 Å². The quantitative estimate of drug-likeness (QED) is 0.225. The molecule has 1 aromatic carbocycles. The van der Waals surface area contributed by atoms with Gasteiger partial charge in [0.1, 0.15) is 0 Å². The average molecular weight is 564 g/mol. The average Bonchev–Trinajstić information content (AvgIpc) is 2.86. The van der Waals surface area contributed by atoms with Gasteiger partial charge >= 0.3 is 0 Å². The lowest BCUT2D eigenvalue weighted by atomic mass is 9.82. The summed E-state index contributed by atoms with van der Waals surface area (Å²) in [6, 6.07) is 7.87. The highest BCUT2D eigenvalue weighted by atomic mass is 79.9. The molecule has 1 N–H and O–H groups in total. The minimum atomic E-state index is 0.00661. The van der Waals surface area contributed by atoms with Gasteiger partial charge in [-0.15, -0.1) is 0 Å². The first-order valence-electron chi connectivity index (χ1n) is 12.7. The van der Waals surface area contributed by atoms with Gasteiger partial charge < -0.3 is 15.1 Å². The summed E-state index contributed by atoms with van der Waals surface area (Å²) < 4.78 is 0. The van der Waals surface area contributed by atoms with Crippen LogP contribution >= 0.6 is 28.1 Å². The summed E-state index contributed by atoms with van der Waals surface area (Å²) in [5.74, 6) is 0.440. The Balaban J connectivity index is 1.14. The largest absolute Gasteiger partial charge is 0.368 e. The van der Waals surface area contributed by atoms with Crippen LogP contribution in [0.4, 0.5) is 5.69 Å². The summed E-state index contributed by atoms with van der Waals surface area (Å²) >= 11 is 9.15. The number of thiocarbonyl (C=S) groups is 1. The van der Waals surface area contributed by atoms with Gasteiger partial charge in [-0.3, -0.25) is 19.3 Å². The number of hydrogen-bond donors (Lipinski definition) is 1. The Labute approximate surface area is 221 Å². The predicted molar refractivity (Wildman–Crippen MR) is 145 cm³/mol. The number of benzene rings is 1. The number of rotatable bonds is 8. The zero-order valence-corrected chi connectivity index (χ0v) is 22.8. The van der Waals surface area contributed by atoms with Gasteiger partial charge in [-0.1, -0.05) is 22.4 Å². The highest BCUT2D eigenvalue weighted by molar-refractivity contribution is 9.09. The van der Waals surface area contributed by atoms with Crippen molar-refractivity contribution in [3.05, 3.63) is 29.8 Å². The number of hydrogen-bond acceptors (Lipinski definition) is 5. The Kier molecular flexibility index (Phi) is 8.81. The van der Waals surface area contributed by atoms with Crippen molar-refractivity contribution in [1.82, 2.24) is 15.1 Å². The molecule has 2 amide bonds. The second kappa shape index (κ2) is 11.8. The van der Waals surface area contributed by atoms with Crippen molar-refractivity contribution in [3.63, 3.8) is 0 Å². The first-order chi connectivity index (χ1) is 16.8. The molecule has 9 heteroatoms. The number of nitrogens with one attached hydrogen (secondary N) is 1. The number of piperazine rings is 1. The number of amides is 2. The van der Waals surface area contributed by atoms with Gasteiger partial charge in [-0.2, -0.15) is 0 Å². The van der Waals surface area contributed by atoms with Crippen LogP contribution in [0.15, 0.2) is 24.3 Å². The molecule has 190 valence electrons. The summed E-state index contributed by atoms with van der Waals surface area (Å²) in [5.41, 5.74) is 1.81. The number of unbranched alkanes of at least 4 members (excludes halogenated alkanes) is 2. The molecular formula is C26H35BrN4O3S. The van der Waals surface area contributed by atoms with Crippen molar-refractivity contribution in [2.75, 3.05) is 37.6 Å². The van der Waals surface area contributed by atoms with E-state index in [1.54, 1.807) is 11.8 Å². The number of carbonyl (C=O) groups excluding carboxylic acids is 3. The molecule has 1 aliphatic carbocycles. The Morgan fingerprint density at radius 3 is 2.46 bits per heavy atom. The number of Topliss-reactive ketones (excluding diaryl/α,β-unsaturated/α-hetero) is 1. The third-order valence-electron chi connectivity index (χ3n) is 7.47. The third kappa shape index (κ3) is 6.42. The Bertz CT molecular complexity index is 948. The fourth-order valence-corrected chi connectivity index (χ4v) is 6.32. The molecule has 35 heavy (non-hydrogen) atoms. The van der Waals surface area contributed by atoms with E-state index in [1.807, 2.05) is 29.2 Å². The van der Waals surface area contributed by atoms with E-state index >= 15 is 0 Å². The molecule has 2 heterocycles. The number of fused-ring (bicyclic) bond motifs is 1. The molecule has 0 bridgehead atoms. The molecule has 2 saturated heterocycles. The second-order valence-electron chi connectivity index (χ2n) is 9.84. The van der Waals surface area contributed by atoms with Gasteiger partial charge in [-0.25, -0.2) is 0 Å². The van der Waals surface area contributed by atoms with Gasteiger partial charge in [0.15, 0.2) is 10.9 Å². The molecule has 1 saturated carbocycles. The maximum atomic E-state index is 13.0. The van der Waals surface area contributed by atoms with Gasteiger partial charge in [0.25, 0.3) is 0 Å². The molecule has 4 rings (SSSR count). The number of nitrogens with zero attached hydrogens (tertiary/aromatic N) is 3. The molecule has 7 nitrogen and oxygen atoms in total. The zero-order valence-electron chi connectivity index (χ0n) is 20.4. The van der Waals surface area contributed by atoms with Crippen LogP contribution < -0.4 is 10.2 Å². The van der Waals surface area contributed by atoms with E-state index in [-0.39, 0.29) is 29.6 Å². The number of ketones is 1. The van der Waals surface area contributed by atoms with Gasteiger partial charge in [0.05, 0.1) is 5.92 Å². The van der Waals surface area contributed by atoms with Crippen LogP contribution in [0, 0.1) is 5.92 Å². The molecule has 3 aliphatic rings. The lowest BCUT2D eigenvalue weighted by Gasteiger charge is -2.43. The van der Waals surface area contributed by atoms with Crippen molar-refractivity contribution < 1.29 is 14.4 Å². The maximum absolute atomic E-state index is 13.0.